The van der Waals surface area contributed by atoms with Crippen LogP contribution >= 0.6 is 0 Å². The van der Waals surface area contributed by atoms with Crippen LogP contribution in [0.3, 0.4) is 0 Å². The second-order valence-electron chi connectivity index (χ2n) is 9.88. The number of imidazole rings is 1. The van der Waals surface area contributed by atoms with Gasteiger partial charge in [0.1, 0.15) is 0 Å². The molecule has 8 heteroatoms. The molecule has 0 saturated heterocycles. The van der Waals surface area contributed by atoms with Crippen molar-refractivity contribution in [3.8, 4) is 17.0 Å². The molecule has 2 aromatic carbocycles. The number of nitrogens with zero attached hydrogens (tertiary/aromatic N) is 3. The number of amides is 1. The van der Waals surface area contributed by atoms with Crippen molar-refractivity contribution < 1.29 is 18.3 Å². The summed E-state index contributed by atoms with van der Waals surface area (Å²) in [6.45, 7) is 2.00. The molecule has 0 bridgehead atoms. The van der Waals surface area contributed by atoms with Gasteiger partial charge in [-0.2, -0.15) is 0 Å². The molecule has 4 aromatic rings. The highest BCUT2D eigenvalue weighted by molar-refractivity contribution is 5.93. The van der Waals surface area contributed by atoms with Gasteiger partial charge in [0, 0.05) is 47.6 Å². The fourth-order valence-corrected chi connectivity index (χ4v) is 5.99. The third-order valence-corrected chi connectivity index (χ3v) is 7.92. The summed E-state index contributed by atoms with van der Waals surface area (Å²) in [5.41, 5.74) is 3.83. The van der Waals surface area contributed by atoms with Crippen LogP contribution in [0.2, 0.25) is 0 Å². The molecule has 1 amide bonds. The van der Waals surface area contributed by atoms with Crippen LogP contribution < -0.4 is 10.1 Å². The predicted octanol–water partition coefficient (Wildman–Crippen LogP) is 5.86. The van der Waals surface area contributed by atoms with Crippen molar-refractivity contribution in [1.82, 2.24) is 14.5 Å². The lowest BCUT2D eigenvalue weighted by Gasteiger charge is -2.20. The molecular weight excluding hydrogens is 462 g/mol. The zero-order valence-electron chi connectivity index (χ0n) is 20.0. The van der Waals surface area contributed by atoms with E-state index in [0.29, 0.717) is 34.7 Å². The van der Waals surface area contributed by atoms with Gasteiger partial charge in [-0.25, -0.2) is 18.7 Å². The molecule has 5 atom stereocenters. The van der Waals surface area contributed by atoms with Gasteiger partial charge in [-0.15, -0.1) is 0 Å². The van der Waals surface area contributed by atoms with E-state index in [0.717, 1.165) is 35.7 Å². The normalized spacial score (nSPS) is 23.3. The third kappa shape index (κ3) is 3.90. The van der Waals surface area contributed by atoms with Gasteiger partial charge >= 0.3 is 0 Å². The molecule has 2 aliphatic rings. The number of carbonyl (C=O) groups is 1. The summed E-state index contributed by atoms with van der Waals surface area (Å²) in [5.74, 6) is 0.0173. The number of pyridine rings is 1. The summed E-state index contributed by atoms with van der Waals surface area (Å²) < 4.78 is 34.4. The van der Waals surface area contributed by atoms with Gasteiger partial charge in [0.2, 0.25) is 11.8 Å². The van der Waals surface area contributed by atoms with Crippen molar-refractivity contribution in [3.05, 3.63) is 72.7 Å². The second-order valence-corrected chi connectivity index (χ2v) is 9.88. The van der Waals surface area contributed by atoms with Gasteiger partial charge in [0.15, 0.2) is 11.6 Å². The lowest BCUT2D eigenvalue weighted by molar-refractivity contribution is -0.120. The van der Waals surface area contributed by atoms with E-state index in [-0.39, 0.29) is 17.9 Å². The molecule has 184 valence electrons. The number of nitrogens with one attached hydrogen (secondary N) is 1. The Morgan fingerprint density at radius 1 is 1.03 bits per heavy atom. The minimum atomic E-state index is -0.880. The number of anilines is 1. The molecular formula is C28H26F2N4O2. The Morgan fingerprint density at radius 3 is 2.39 bits per heavy atom. The number of fused-ring (bicyclic) bond motifs is 2. The van der Waals surface area contributed by atoms with E-state index in [1.807, 2.05) is 47.9 Å². The molecule has 2 fully saturated rings. The zero-order chi connectivity index (χ0) is 25.0. The maximum atomic E-state index is 13.8. The van der Waals surface area contributed by atoms with Crippen molar-refractivity contribution >= 4 is 22.6 Å². The van der Waals surface area contributed by atoms with Crippen molar-refractivity contribution in [3.63, 3.8) is 0 Å². The number of methoxy groups -OCH3 is 1. The summed E-state index contributed by atoms with van der Waals surface area (Å²) in [4.78, 5) is 21.5. The molecule has 6 rings (SSSR count). The van der Waals surface area contributed by atoms with Crippen molar-refractivity contribution in [2.24, 2.45) is 23.7 Å². The van der Waals surface area contributed by atoms with Crippen LogP contribution in [0.5, 0.6) is 5.88 Å². The van der Waals surface area contributed by atoms with Gasteiger partial charge in [-0.3, -0.25) is 4.79 Å². The molecule has 36 heavy (non-hydrogen) atoms. The van der Waals surface area contributed by atoms with Gasteiger partial charge < -0.3 is 14.6 Å². The lowest BCUT2D eigenvalue weighted by Crippen LogP contribution is -2.24. The Bertz CT molecular complexity index is 1420. The van der Waals surface area contributed by atoms with E-state index in [4.69, 9.17) is 4.74 Å². The fraction of sp³-hybridized carbons (Fsp3) is 0.321. The summed E-state index contributed by atoms with van der Waals surface area (Å²) in [5, 5.41) is 3.06. The van der Waals surface area contributed by atoms with Crippen molar-refractivity contribution in [2.75, 3.05) is 12.4 Å². The number of carbonyl (C=O) groups excluding carboxylic acids is 1. The average Bonchev–Trinajstić information content (AvgIpc) is 3.18. The van der Waals surface area contributed by atoms with E-state index < -0.39 is 11.6 Å². The molecule has 1 unspecified atom stereocenters. The average molecular weight is 489 g/mol. The van der Waals surface area contributed by atoms with Crippen LogP contribution in [0.4, 0.5) is 14.5 Å². The molecule has 2 heterocycles. The highest BCUT2D eigenvalue weighted by atomic mass is 19.2. The Kier molecular flexibility index (Phi) is 5.47. The first kappa shape index (κ1) is 22.6. The van der Waals surface area contributed by atoms with E-state index >= 15 is 0 Å². The summed E-state index contributed by atoms with van der Waals surface area (Å²) >= 11 is 0. The first-order valence-electron chi connectivity index (χ1n) is 12.2. The maximum absolute atomic E-state index is 13.8. The Hall–Kier alpha value is -3.81. The molecule has 6 nitrogen and oxygen atoms in total. The van der Waals surface area contributed by atoms with Crippen LogP contribution in [-0.4, -0.2) is 27.6 Å². The van der Waals surface area contributed by atoms with Gasteiger partial charge in [0.25, 0.3) is 0 Å². The SMILES string of the molecule is COc1ccc(-c2ccc(NC(=O)[C@@H](C)[C@@H]3[C@@H]4CC(n5cnc6cc(F)c(F)cc65)C[C@@H]43)cc2)cn1. The number of ether oxygens (including phenoxy) is 1. The molecule has 0 radical (unpaired) electrons. The summed E-state index contributed by atoms with van der Waals surface area (Å²) in [7, 11) is 1.58. The summed E-state index contributed by atoms with van der Waals surface area (Å²) in [6, 6.07) is 14.1. The zero-order valence-corrected chi connectivity index (χ0v) is 20.0. The molecule has 0 aliphatic heterocycles. The fourth-order valence-electron chi connectivity index (χ4n) is 5.99. The molecule has 2 aliphatic carbocycles. The minimum absolute atomic E-state index is 0.0236. The standard InChI is InChI=1S/C28H26F2N4O2/c1-15(28(35)33-18-6-3-16(4-7-18)17-5-8-26(36-2)31-13-17)27-20-9-19(10-21(20)27)34-14-32-24-11-22(29)23(30)12-25(24)34/h3-8,11-15,19-21,27H,9-10H2,1-2H3,(H,33,35)/t15-,19?,20-,21+,27-/m0/s1. The van der Waals surface area contributed by atoms with E-state index in [2.05, 4.69) is 15.3 Å². The van der Waals surface area contributed by atoms with Crippen LogP contribution in [0.1, 0.15) is 25.8 Å². The maximum Gasteiger partial charge on any atom is 0.227 e. The van der Waals surface area contributed by atoms with Gasteiger partial charge in [-0.1, -0.05) is 19.1 Å². The molecule has 0 spiro atoms. The van der Waals surface area contributed by atoms with Crippen molar-refractivity contribution in [2.45, 2.75) is 25.8 Å². The number of aromatic nitrogens is 3. The number of hydrogen-bond acceptors (Lipinski definition) is 4. The van der Waals surface area contributed by atoms with Gasteiger partial charge in [-0.05, 0) is 54.4 Å². The number of rotatable bonds is 6. The second kappa shape index (κ2) is 8.69. The Labute approximate surface area is 207 Å². The molecule has 2 saturated carbocycles. The molecule has 2 aromatic heterocycles. The quantitative estimate of drug-likeness (QED) is 0.369. The van der Waals surface area contributed by atoms with Crippen LogP contribution in [-0.2, 0) is 4.79 Å². The van der Waals surface area contributed by atoms with Crippen LogP contribution in [0, 0.1) is 35.3 Å². The van der Waals surface area contributed by atoms with Crippen molar-refractivity contribution in [1.29, 1.82) is 0 Å². The highest BCUT2D eigenvalue weighted by Crippen LogP contribution is 2.64. The predicted molar refractivity (Wildman–Crippen MR) is 132 cm³/mol. The van der Waals surface area contributed by atoms with Crippen LogP contribution in [0.15, 0.2) is 61.1 Å². The molecule has 1 N–H and O–H groups in total. The first-order valence-corrected chi connectivity index (χ1v) is 12.2. The highest BCUT2D eigenvalue weighted by Gasteiger charge is 2.59. The number of halogens is 2. The number of hydrogen-bond donors (Lipinski definition) is 1. The first-order chi connectivity index (χ1) is 17.4. The van der Waals surface area contributed by atoms with E-state index in [9.17, 15) is 13.6 Å². The third-order valence-electron chi connectivity index (χ3n) is 7.92. The summed E-state index contributed by atoms with van der Waals surface area (Å²) in [6.07, 6.45) is 5.27. The lowest BCUT2D eigenvalue weighted by atomic mass is 9.96. The number of benzene rings is 2. The monoisotopic (exact) mass is 488 g/mol. The Balaban J connectivity index is 1.07. The largest absolute Gasteiger partial charge is 0.481 e. The van der Waals surface area contributed by atoms with E-state index in [1.54, 1.807) is 19.6 Å². The van der Waals surface area contributed by atoms with Crippen LogP contribution in [0.25, 0.3) is 22.2 Å². The minimum Gasteiger partial charge on any atom is -0.481 e. The Morgan fingerprint density at radius 2 is 1.72 bits per heavy atom. The topological polar surface area (TPSA) is 69.0 Å². The smallest absolute Gasteiger partial charge is 0.227 e. The van der Waals surface area contributed by atoms with E-state index in [1.165, 1.54) is 6.07 Å². The van der Waals surface area contributed by atoms with Gasteiger partial charge in [0.05, 0.1) is 24.5 Å².